The predicted molar refractivity (Wildman–Crippen MR) is 83.8 cm³/mol. The van der Waals surface area contributed by atoms with E-state index in [1.807, 2.05) is 44.2 Å². The Hall–Kier alpha value is -3.00. The van der Waals surface area contributed by atoms with E-state index in [9.17, 15) is 4.79 Å². The molecule has 2 aromatic rings. The molecule has 0 saturated heterocycles. The van der Waals surface area contributed by atoms with Crippen molar-refractivity contribution in [2.24, 2.45) is 0 Å². The lowest BCUT2D eigenvalue weighted by molar-refractivity contribution is -0.112. The van der Waals surface area contributed by atoms with Crippen LogP contribution in [0, 0.1) is 25.2 Å². The lowest BCUT2D eigenvalue weighted by atomic mass is 10.1. The molecule has 0 unspecified atom stereocenters. The zero-order valence-electron chi connectivity index (χ0n) is 12.5. The van der Waals surface area contributed by atoms with Gasteiger partial charge in [0.05, 0.1) is 12.8 Å². The molecule has 0 radical (unpaired) electrons. The first-order chi connectivity index (χ1) is 10.6. The number of anilines is 1. The van der Waals surface area contributed by atoms with E-state index in [-0.39, 0.29) is 5.57 Å². The van der Waals surface area contributed by atoms with Crippen LogP contribution in [0.5, 0.6) is 0 Å². The van der Waals surface area contributed by atoms with Gasteiger partial charge in [-0.25, -0.2) is 0 Å². The Balaban J connectivity index is 2.02. The highest BCUT2D eigenvalue weighted by Crippen LogP contribution is 2.18. The first-order valence-electron chi connectivity index (χ1n) is 6.85. The molecule has 22 heavy (non-hydrogen) atoms. The van der Waals surface area contributed by atoms with Crippen LogP contribution in [-0.4, -0.2) is 5.91 Å². The van der Waals surface area contributed by atoms with Crippen molar-refractivity contribution < 1.29 is 9.21 Å². The summed E-state index contributed by atoms with van der Waals surface area (Å²) >= 11 is 0. The molecule has 0 bridgehead atoms. The Kier molecular flexibility index (Phi) is 4.99. The third-order valence-corrected chi connectivity index (χ3v) is 3.32. The largest absolute Gasteiger partial charge is 0.467 e. The topological polar surface area (TPSA) is 78.1 Å². The molecule has 0 aliphatic carbocycles. The van der Waals surface area contributed by atoms with Crippen LogP contribution in [0.2, 0.25) is 0 Å². The van der Waals surface area contributed by atoms with Gasteiger partial charge in [0.1, 0.15) is 17.4 Å². The summed E-state index contributed by atoms with van der Waals surface area (Å²) in [6.45, 7) is 4.31. The molecule has 1 aromatic heterocycles. The predicted octanol–water partition coefficient (Wildman–Crippen LogP) is 3.03. The highest BCUT2D eigenvalue weighted by Gasteiger charge is 2.11. The number of nitrogens with one attached hydrogen (secondary N) is 2. The molecular formula is C17H17N3O2. The maximum atomic E-state index is 12.1. The van der Waals surface area contributed by atoms with Crippen molar-refractivity contribution in [2.75, 3.05) is 5.32 Å². The molecule has 0 aliphatic heterocycles. The monoisotopic (exact) mass is 295 g/mol. The second-order valence-corrected chi connectivity index (χ2v) is 4.83. The minimum atomic E-state index is -0.442. The molecule has 1 heterocycles. The van der Waals surface area contributed by atoms with Gasteiger partial charge < -0.3 is 15.1 Å². The fourth-order valence-corrected chi connectivity index (χ4v) is 1.89. The van der Waals surface area contributed by atoms with E-state index in [0.717, 1.165) is 16.9 Å². The molecule has 2 rings (SSSR count). The summed E-state index contributed by atoms with van der Waals surface area (Å²) in [4.78, 5) is 12.1. The van der Waals surface area contributed by atoms with Crippen molar-refractivity contribution in [2.45, 2.75) is 20.4 Å². The van der Waals surface area contributed by atoms with Gasteiger partial charge in [0.25, 0.3) is 5.91 Å². The highest BCUT2D eigenvalue weighted by atomic mass is 16.3. The average Bonchev–Trinajstić information content (AvgIpc) is 3.01. The van der Waals surface area contributed by atoms with Crippen LogP contribution in [0.3, 0.4) is 0 Å². The summed E-state index contributed by atoms with van der Waals surface area (Å²) in [6.07, 6.45) is 2.96. The van der Waals surface area contributed by atoms with Gasteiger partial charge in [-0.1, -0.05) is 12.1 Å². The average molecular weight is 295 g/mol. The van der Waals surface area contributed by atoms with Crippen LogP contribution < -0.4 is 10.6 Å². The number of furan rings is 1. The van der Waals surface area contributed by atoms with Crippen LogP contribution in [-0.2, 0) is 11.3 Å². The number of carbonyl (C=O) groups excluding carboxylic acids is 1. The number of nitrogens with zero attached hydrogens (tertiary/aromatic N) is 1. The number of benzene rings is 1. The minimum absolute atomic E-state index is 0.00691. The number of nitriles is 1. The van der Waals surface area contributed by atoms with Crippen LogP contribution in [0.15, 0.2) is 52.8 Å². The third kappa shape index (κ3) is 3.76. The van der Waals surface area contributed by atoms with Gasteiger partial charge in [0.2, 0.25) is 0 Å². The number of hydrogen-bond acceptors (Lipinski definition) is 4. The standard InChI is InChI=1S/C17H17N3O2/c1-12-5-3-7-16(13(12)2)20-17(21)14(9-18)10-19-11-15-6-4-8-22-15/h3-8,10,19H,11H2,1-2H3,(H,20,21)/b14-10-. The Morgan fingerprint density at radius 1 is 1.32 bits per heavy atom. The Bertz CT molecular complexity index is 725. The number of rotatable bonds is 5. The second-order valence-electron chi connectivity index (χ2n) is 4.83. The van der Waals surface area contributed by atoms with Crippen molar-refractivity contribution >= 4 is 11.6 Å². The van der Waals surface area contributed by atoms with E-state index >= 15 is 0 Å². The van der Waals surface area contributed by atoms with E-state index in [1.54, 1.807) is 12.3 Å². The van der Waals surface area contributed by atoms with Gasteiger partial charge in [0.15, 0.2) is 0 Å². The minimum Gasteiger partial charge on any atom is -0.467 e. The molecule has 0 spiro atoms. The smallest absolute Gasteiger partial charge is 0.267 e. The van der Waals surface area contributed by atoms with Crippen molar-refractivity contribution in [3.63, 3.8) is 0 Å². The fourth-order valence-electron chi connectivity index (χ4n) is 1.89. The SMILES string of the molecule is Cc1cccc(NC(=O)/C(C#N)=C\NCc2ccco2)c1C. The Labute approximate surface area is 129 Å². The molecule has 2 N–H and O–H groups in total. The van der Waals surface area contributed by atoms with Crippen molar-refractivity contribution in [1.82, 2.24) is 5.32 Å². The third-order valence-electron chi connectivity index (χ3n) is 3.32. The molecular weight excluding hydrogens is 278 g/mol. The zero-order valence-corrected chi connectivity index (χ0v) is 12.5. The summed E-state index contributed by atoms with van der Waals surface area (Å²) < 4.78 is 5.16. The summed E-state index contributed by atoms with van der Waals surface area (Å²) in [5.74, 6) is 0.284. The van der Waals surface area contributed by atoms with Gasteiger partial charge >= 0.3 is 0 Å². The highest BCUT2D eigenvalue weighted by molar-refractivity contribution is 6.06. The van der Waals surface area contributed by atoms with Crippen LogP contribution >= 0.6 is 0 Å². The van der Waals surface area contributed by atoms with Crippen molar-refractivity contribution in [3.05, 3.63) is 65.3 Å². The summed E-state index contributed by atoms with van der Waals surface area (Å²) in [5.41, 5.74) is 2.78. The number of hydrogen-bond donors (Lipinski definition) is 2. The molecule has 112 valence electrons. The Morgan fingerprint density at radius 2 is 2.14 bits per heavy atom. The number of amides is 1. The number of aryl methyl sites for hydroxylation is 1. The van der Waals surface area contributed by atoms with Crippen molar-refractivity contribution in [3.8, 4) is 6.07 Å². The van der Waals surface area contributed by atoms with Crippen LogP contribution in [0.4, 0.5) is 5.69 Å². The van der Waals surface area contributed by atoms with Crippen molar-refractivity contribution in [1.29, 1.82) is 5.26 Å². The molecule has 0 aliphatic rings. The van der Waals surface area contributed by atoms with Gasteiger partial charge in [-0.05, 0) is 43.2 Å². The van der Waals surface area contributed by atoms with Gasteiger partial charge in [-0.2, -0.15) is 5.26 Å². The van der Waals surface area contributed by atoms with Gasteiger partial charge in [0, 0.05) is 11.9 Å². The van der Waals surface area contributed by atoms with Crippen LogP contribution in [0.1, 0.15) is 16.9 Å². The molecule has 1 aromatic carbocycles. The summed E-state index contributed by atoms with van der Waals surface area (Å²) in [5, 5.41) is 14.8. The van der Waals surface area contributed by atoms with E-state index in [4.69, 9.17) is 9.68 Å². The van der Waals surface area contributed by atoms with Crippen LogP contribution in [0.25, 0.3) is 0 Å². The maximum absolute atomic E-state index is 12.1. The zero-order chi connectivity index (χ0) is 15.9. The molecule has 0 atom stereocenters. The lowest BCUT2D eigenvalue weighted by Gasteiger charge is -2.09. The van der Waals surface area contributed by atoms with E-state index in [0.29, 0.717) is 12.2 Å². The molecule has 5 nitrogen and oxygen atoms in total. The lowest BCUT2D eigenvalue weighted by Crippen LogP contribution is -2.17. The van der Waals surface area contributed by atoms with E-state index in [2.05, 4.69) is 10.6 Å². The van der Waals surface area contributed by atoms with E-state index < -0.39 is 5.91 Å². The molecule has 0 fully saturated rings. The Morgan fingerprint density at radius 3 is 2.82 bits per heavy atom. The normalized spacial score (nSPS) is 10.9. The summed E-state index contributed by atoms with van der Waals surface area (Å²) in [7, 11) is 0. The summed E-state index contributed by atoms with van der Waals surface area (Å²) in [6, 6.07) is 11.1. The molecule has 5 heteroatoms. The first kappa shape index (κ1) is 15.4. The second kappa shape index (κ2) is 7.14. The molecule has 1 amide bonds. The fraction of sp³-hybridized carbons (Fsp3) is 0.176. The first-order valence-corrected chi connectivity index (χ1v) is 6.85. The molecule has 0 saturated carbocycles. The van der Waals surface area contributed by atoms with E-state index in [1.165, 1.54) is 6.20 Å². The maximum Gasteiger partial charge on any atom is 0.267 e. The van der Waals surface area contributed by atoms with Gasteiger partial charge in [-0.3, -0.25) is 4.79 Å². The van der Waals surface area contributed by atoms with Gasteiger partial charge in [-0.15, -0.1) is 0 Å². The number of carbonyl (C=O) groups is 1. The quantitative estimate of drug-likeness (QED) is 0.656.